The van der Waals surface area contributed by atoms with Crippen LogP contribution in [0.5, 0.6) is 0 Å². The summed E-state index contributed by atoms with van der Waals surface area (Å²) in [6.07, 6.45) is 3.41. The fourth-order valence-electron chi connectivity index (χ4n) is 2.99. The van der Waals surface area contributed by atoms with E-state index in [1.54, 1.807) is 0 Å². The maximum Gasteiger partial charge on any atom is 0.0968 e. The van der Waals surface area contributed by atoms with Gasteiger partial charge in [-0.15, -0.1) is 0 Å². The van der Waals surface area contributed by atoms with Gasteiger partial charge in [-0.25, -0.2) is 0 Å². The third-order valence-electron chi connectivity index (χ3n) is 4.69. The summed E-state index contributed by atoms with van der Waals surface area (Å²) < 4.78 is 0. The lowest BCUT2D eigenvalue weighted by Gasteiger charge is -2.44. The molecule has 1 saturated heterocycles. The highest BCUT2D eigenvalue weighted by atomic mass is 16.3. The lowest BCUT2D eigenvalue weighted by atomic mass is 9.87. The molecule has 1 unspecified atom stereocenters. The number of nitrogens with zero attached hydrogens (tertiary/aromatic N) is 1. The van der Waals surface area contributed by atoms with Crippen LogP contribution in [0.25, 0.3) is 0 Å². The van der Waals surface area contributed by atoms with E-state index in [-0.39, 0.29) is 5.54 Å². The monoisotopic (exact) mass is 261 g/mol. The predicted octanol–water partition coefficient (Wildman–Crippen LogP) is 3.60. The Bertz CT molecular complexity index is 433. The molecule has 0 aliphatic carbocycles. The minimum absolute atomic E-state index is 0.192. The van der Waals surface area contributed by atoms with Crippen molar-refractivity contribution >= 4 is 0 Å². The van der Waals surface area contributed by atoms with E-state index in [0.29, 0.717) is 0 Å². The van der Waals surface area contributed by atoms with Crippen LogP contribution in [-0.2, 0) is 0 Å². The van der Waals surface area contributed by atoms with Gasteiger partial charge in [0.2, 0.25) is 0 Å². The van der Waals surface area contributed by atoms with Gasteiger partial charge in [0.15, 0.2) is 0 Å². The fourth-order valence-corrected chi connectivity index (χ4v) is 2.99. The number of aliphatic hydroxyl groups is 1. The number of benzene rings is 1. The molecule has 1 aromatic rings. The summed E-state index contributed by atoms with van der Waals surface area (Å²) in [5.41, 5.74) is 3.39. The summed E-state index contributed by atoms with van der Waals surface area (Å²) in [6, 6.07) is 6.31. The molecule has 0 saturated carbocycles. The van der Waals surface area contributed by atoms with Gasteiger partial charge in [0, 0.05) is 5.54 Å². The fraction of sp³-hybridized carbons (Fsp3) is 0.647. The number of rotatable bonds is 3. The van der Waals surface area contributed by atoms with Crippen molar-refractivity contribution in [3.63, 3.8) is 0 Å². The molecule has 0 spiro atoms. The predicted molar refractivity (Wildman–Crippen MR) is 80.4 cm³/mol. The molecule has 0 bridgehead atoms. The number of aryl methyl sites for hydroxylation is 2. The van der Waals surface area contributed by atoms with Crippen molar-refractivity contribution in [2.24, 2.45) is 0 Å². The SMILES string of the molecule is Cc1ccc(C(O)C(C)(C)N2CCCCC2)cc1C. The summed E-state index contributed by atoms with van der Waals surface area (Å²) in [4.78, 5) is 2.44. The van der Waals surface area contributed by atoms with Crippen LogP contribution < -0.4 is 0 Å². The van der Waals surface area contributed by atoms with Gasteiger partial charge in [-0.3, -0.25) is 4.90 Å². The van der Waals surface area contributed by atoms with E-state index in [2.05, 4.69) is 50.8 Å². The Kier molecular flexibility index (Phi) is 4.32. The molecular weight excluding hydrogens is 234 g/mol. The van der Waals surface area contributed by atoms with Crippen LogP contribution in [0.15, 0.2) is 18.2 Å². The zero-order chi connectivity index (χ0) is 14.0. The molecule has 1 aliphatic rings. The molecule has 1 aliphatic heterocycles. The lowest BCUT2D eigenvalue weighted by Crippen LogP contribution is -2.50. The van der Waals surface area contributed by atoms with Gasteiger partial charge < -0.3 is 5.11 Å². The van der Waals surface area contributed by atoms with Crippen molar-refractivity contribution in [3.05, 3.63) is 34.9 Å². The summed E-state index contributed by atoms with van der Waals surface area (Å²) in [6.45, 7) is 10.8. The second kappa shape index (κ2) is 5.64. The van der Waals surface area contributed by atoms with Crippen LogP contribution in [0.3, 0.4) is 0 Å². The lowest BCUT2D eigenvalue weighted by molar-refractivity contribution is -0.0209. The van der Waals surface area contributed by atoms with E-state index in [4.69, 9.17) is 0 Å². The average molecular weight is 261 g/mol. The summed E-state index contributed by atoms with van der Waals surface area (Å²) >= 11 is 0. The number of piperidine rings is 1. The zero-order valence-corrected chi connectivity index (χ0v) is 12.7. The molecular formula is C17H27NO. The average Bonchev–Trinajstić information content (AvgIpc) is 2.42. The largest absolute Gasteiger partial charge is 0.386 e. The Balaban J connectivity index is 2.20. The highest BCUT2D eigenvalue weighted by molar-refractivity contribution is 5.32. The van der Waals surface area contributed by atoms with Crippen molar-refractivity contribution in [3.8, 4) is 0 Å². The number of hydrogen-bond donors (Lipinski definition) is 1. The molecule has 106 valence electrons. The Morgan fingerprint density at radius 3 is 2.26 bits per heavy atom. The molecule has 1 atom stereocenters. The highest BCUT2D eigenvalue weighted by Gasteiger charge is 2.35. The normalized spacial score (nSPS) is 19.4. The molecule has 1 heterocycles. The molecule has 1 aromatic carbocycles. The van der Waals surface area contributed by atoms with Crippen molar-refractivity contribution in [2.45, 2.75) is 58.6 Å². The van der Waals surface area contributed by atoms with E-state index >= 15 is 0 Å². The van der Waals surface area contributed by atoms with Crippen LogP contribution >= 0.6 is 0 Å². The third-order valence-corrected chi connectivity index (χ3v) is 4.69. The first kappa shape index (κ1) is 14.5. The van der Waals surface area contributed by atoms with Gasteiger partial charge in [-0.05, 0) is 70.3 Å². The van der Waals surface area contributed by atoms with Crippen molar-refractivity contribution in [1.82, 2.24) is 4.90 Å². The first-order valence-electron chi connectivity index (χ1n) is 7.43. The number of likely N-dealkylation sites (tertiary alicyclic amines) is 1. The zero-order valence-electron chi connectivity index (χ0n) is 12.7. The van der Waals surface area contributed by atoms with Crippen molar-refractivity contribution in [2.75, 3.05) is 13.1 Å². The van der Waals surface area contributed by atoms with E-state index in [0.717, 1.165) is 18.7 Å². The van der Waals surface area contributed by atoms with E-state index in [9.17, 15) is 5.11 Å². The number of hydrogen-bond acceptors (Lipinski definition) is 2. The second-order valence-corrected chi connectivity index (χ2v) is 6.45. The highest BCUT2D eigenvalue weighted by Crippen LogP contribution is 2.33. The Morgan fingerprint density at radius 2 is 1.68 bits per heavy atom. The van der Waals surface area contributed by atoms with E-state index < -0.39 is 6.10 Å². The van der Waals surface area contributed by atoms with Crippen LogP contribution in [0.1, 0.15) is 55.9 Å². The maximum atomic E-state index is 10.8. The number of aliphatic hydroxyl groups excluding tert-OH is 1. The van der Waals surface area contributed by atoms with Crippen LogP contribution in [0.2, 0.25) is 0 Å². The van der Waals surface area contributed by atoms with Crippen molar-refractivity contribution in [1.29, 1.82) is 0 Å². The molecule has 2 nitrogen and oxygen atoms in total. The summed E-state index contributed by atoms with van der Waals surface area (Å²) in [5.74, 6) is 0. The Labute approximate surface area is 117 Å². The topological polar surface area (TPSA) is 23.5 Å². The molecule has 0 amide bonds. The van der Waals surface area contributed by atoms with Gasteiger partial charge in [0.1, 0.15) is 0 Å². The van der Waals surface area contributed by atoms with Crippen LogP contribution in [0, 0.1) is 13.8 Å². The molecule has 0 aromatic heterocycles. The first-order chi connectivity index (χ1) is 8.93. The molecule has 1 N–H and O–H groups in total. The molecule has 19 heavy (non-hydrogen) atoms. The first-order valence-corrected chi connectivity index (χ1v) is 7.43. The Hall–Kier alpha value is -0.860. The minimum Gasteiger partial charge on any atom is -0.386 e. The van der Waals surface area contributed by atoms with Gasteiger partial charge in [0.25, 0.3) is 0 Å². The Morgan fingerprint density at radius 1 is 1.05 bits per heavy atom. The second-order valence-electron chi connectivity index (χ2n) is 6.45. The standard InChI is InChI=1S/C17H27NO/c1-13-8-9-15(12-14(13)2)16(19)17(3,4)18-10-6-5-7-11-18/h8-9,12,16,19H,5-7,10-11H2,1-4H3. The minimum atomic E-state index is -0.426. The molecule has 2 rings (SSSR count). The van der Waals surface area contributed by atoms with E-state index in [1.807, 2.05) is 0 Å². The van der Waals surface area contributed by atoms with Gasteiger partial charge >= 0.3 is 0 Å². The van der Waals surface area contributed by atoms with Crippen molar-refractivity contribution < 1.29 is 5.11 Å². The maximum absolute atomic E-state index is 10.8. The van der Waals surface area contributed by atoms with Gasteiger partial charge in [-0.2, -0.15) is 0 Å². The third kappa shape index (κ3) is 3.01. The van der Waals surface area contributed by atoms with Gasteiger partial charge in [-0.1, -0.05) is 24.6 Å². The van der Waals surface area contributed by atoms with E-state index in [1.165, 1.54) is 30.4 Å². The van der Waals surface area contributed by atoms with Crippen LogP contribution in [0.4, 0.5) is 0 Å². The molecule has 2 heteroatoms. The van der Waals surface area contributed by atoms with Crippen LogP contribution in [-0.4, -0.2) is 28.6 Å². The quantitative estimate of drug-likeness (QED) is 0.898. The summed E-state index contributed by atoms with van der Waals surface area (Å²) in [7, 11) is 0. The smallest absolute Gasteiger partial charge is 0.0968 e. The molecule has 1 fully saturated rings. The summed E-state index contributed by atoms with van der Waals surface area (Å²) in [5, 5.41) is 10.8. The van der Waals surface area contributed by atoms with Gasteiger partial charge in [0.05, 0.1) is 6.10 Å². The molecule has 0 radical (unpaired) electrons.